The molecule has 2 fully saturated rings. The van der Waals surface area contributed by atoms with Gasteiger partial charge < -0.3 is 15.5 Å². The Morgan fingerprint density at radius 1 is 1.31 bits per heavy atom. The maximum Gasteiger partial charge on any atom is 0.223 e. The first-order chi connectivity index (χ1) is 11.6. The minimum atomic E-state index is 0. The summed E-state index contributed by atoms with van der Waals surface area (Å²) in [5.41, 5.74) is 9.33. The highest BCUT2D eigenvalue weighted by Gasteiger charge is 2.40. The van der Waals surface area contributed by atoms with Gasteiger partial charge in [-0.1, -0.05) is 12.5 Å². The zero-order valence-electron chi connectivity index (χ0n) is 15.1. The van der Waals surface area contributed by atoms with Crippen LogP contribution >= 0.6 is 24.8 Å². The van der Waals surface area contributed by atoms with E-state index in [1.54, 1.807) is 0 Å². The molecule has 2 heterocycles. The fourth-order valence-corrected chi connectivity index (χ4v) is 4.61. The fraction of sp³-hybridized carbons (Fsp3) is 0.579. The molecule has 0 aliphatic heterocycles. The van der Waals surface area contributed by atoms with Gasteiger partial charge in [-0.2, -0.15) is 0 Å². The van der Waals surface area contributed by atoms with Crippen LogP contribution in [0.15, 0.2) is 24.5 Å². The van der Waals surface area contributed by atoms with Gasteiger partial charge in [0.15, 0.2) is 0 Å². The number of carbonyl (C=O) groups excluding carboxylic acids is 1. The highest BCUT2D eigenvalue weighted by atomic mass is 35.5. The second kappa shape index (κ2) is 8.59. The summed E-state index contributed by atoms with van der Waals surface area (Å²) in [6, 6.07) is 4.37. The molecule has 5 nitrogen and oxygen atoms in total. The second-order valence-electron chi connectivity index (χ2n) is 7.57. The van der Waals surface area contributed by atoms with Crippen LogP contribution < -0.4 is 11.1 Å². The molecule has 2 saturated carbocycles. The molecule has 2 atom stereocenters. The molecule has 1 amide bonds. The first-order valence-electron chi connectivity index (χ1n) is 9.08. The number of pyridine rings is 1. The number of imidazole rings is 1. The number of nitrogens with one attached hydrogen (secondary N) is 1. The van der Waals surface area contributed by atoms with Crippen molar-refractivity contribution in [3.05, 3.63) is 35.8 Å². The van der Waals surface area contributed by atoms with Crippen LogP contribution in [-0.4, -0.2) is 21.3 Å². The lowest BCUT2D eigenvalue weighted by atomic mass is 9.65. The maximum atomic E-state index is 12.6. The van der Waals surface area contributed by atoms with Crippen LogP contribution in [0, 0.1) is 24.7 Å². The molecule has 3 N–H and O–H groups in total. The lowest BCUT2D eigenvalue weighted by Crippen LogP contribution is -2.49. The van der Waals surface area contributed by atoms with E-state index in [1.165, 1.54) is 19.3 Å². The number of nitrogens with zero attached hydrogens (tertiary/aromatic N) is 2. The van der Waals surface area contributed by atoms with Gasteiger partial charge in [0.25, 0.3) is 0 Å². The van der Waals surface area contributed by atoms with E-state index in [1.807, 2.05) is 22.9 Å². The molecule has 144 valence electrons. The number of nitrogens with two attached hydrogens (primary N) is 1. The van der Waals surface area contributed by atoms with E-state index in [9.17, 15) is 4.79 Å². The van der Waals surface area contributed by atoms with Crippen molar-refractivity contribution in [1.82, 2.24) is 14.7 Å². The summed E-state index contributed by atoms with van der Waals surface area (Å²) >= 11 is 0. The standard InChI is InChI=1S/C19H26N4O.2ClH/c1-12-4-3-7-23-11-16(22-18(12)23)10-21-19(24)15-8-13-5-2-6-14(9-15)17(13)20;;/h3-4,7,11,13-15,17H,2,5-6,8-10,20H2,1H3,(H,21,24);2*1H. The Hall–Kier alpha value is -1.30. The minimum absolute atomic E-state index is 0. The van der Waals surface area contributed by atoms with Crippen LogP contribution in [-0.2, 0) is 11.3 Å². The van der Waals surface area contributed by atoms with Crippen molar-refractivity contribution in [2.75, 3.05) is 0 Å². The van der Waals surface area contributed by atoms with Gasteiger partial charge in [-0.05, 0) is 56.1 Å². The van der Waals surface area contributed by atoms with Gasteiger partial charge in [-0.25, -0.2) is 4.98 Å². The van der Waals surface area contributed by atoms with Gasteiger partial charge in [-0.15, -0.1) is 24.8 Å². The lowest BCUT2D eigenvalue weighted by Gasteiger charge is -2.43. The summed E-state index contributed by atoms with van der Waals surface area (Å²) in [5, 5.41) is 3.10. The van der Waals surface area contributed by atoms with Gasteiger partial charge in [-0.3, -0.25) is 4.79 Å². The number of carbonyl (C=O) groups is 1. The van der Waals surface area contributed by atoms with Crippen molar-refractivity contribution >= 4 is 36.4 Å². The van der Waals surface area contributed by atoms with E-state index in [0.717, 1.165) is 29.7 Å². The quantitative estimate of drug-likeness (QED) is 0.832. The second-order valence-corrected chi connectivity index (χ2v) is 7.57. The largest absolute Gasteiger partial charge is 0.350 e. The number of hydrogen-bond acceptors (Lipinski definition) is 3. The van der Waals surface area contributed by atoms with E-state index in [4.69, 9.17) is 5.73 Å². The molecule has 0 radical (unpaired) electrons. The van der Waals surface area contributed by atoms with Crippen molar-refractivity contribution in [2.24, 2.45) is 23.5 Å². The molecule has 0 aromatic carbocycles. The molecule has 2 aliphatic carbocycles. The van der Waals surface area contributed by atoms with Crippen molar-refractivity contribution in [1.29, 1.82) is 0 Å². The molecule has 7 heteroatoms. The molecule has 2 aromatic heterocycles. The molecule has 2 bridgehead atoms. The predicted octanol–water partition coefficient (Wildman–Crippen LogP) is 3.26. The number of halogens is 2. The topological polar surface area (TPSA) is 72.4 Å². The van der Waals surface area contributed by atoms with Crippen molar-refractivity contribution in [3.8, 4) is 0 Å². The van der Waals surface area contributed by atoms with Gasteiger partial charge in [0.2, 0.25) is 5.91 Å². The first-order valence-corrected chi connectivity index (χ1v) is 9.08. The number of aryl methyl sites for hydroxylation is 1. The third-order valence-electron chi connectivity index (χ3n) is 5.96. The summed E-state index contributed by atoms with van der Waals surface area (Å²) in [5.74, 6) is 1.36. The monoisotopic (exact) mass is 398 g/mol. The zero-order valence-corrected chi connectivity index (χ0v) is 16.7. The molecule has 0 saturated heterocycles. The van der Waals surface area contributed by atoms with Crippen LogP contribution in [0.3, 0.4) is 0 Å². The third-order valence-corrected chi connectivity index (χ3v) is 5.96. The average molecular weight is 399 g/mol. The van der Waals surface area contributed by atoms with E-state index >= 15 is 0 Å². The molecule has 26 heavy (non-hydrogen) atoms. The number of fused-ring (bicyclic) bond motifs is 3. The summed E-state index contributed by atoms with van der Waals surface area (Å²) in [6.07, 6.45) is 9.54. The molecular formula is C19H28Cl2N4O. The third kappa shape index (κ3) is 4.00. The molecular weight excluding hydrogens is 371 g/mol. The molecule has 0 spiro atoms. The Balaban J connectivity index is 0.00000121. The van der Waals surface area contributed by atoms with Crippen LogP contribution in [0.2, 0.25) is 0 Å². The molecule has 2 unspecified atom stereocenters. The average Bonchev–Trinajstić information content (AvgIpc) is 2.97. The van der Waals surface area contributed by atoms with Crippen LogP contribution in [0.25, 0.3) is 5.65 Å². The van der Waals surface area contributed by atoms with Crippen LogP contribution in [0.5, 0.6) is 0 Å². The predicted molar refractivity (Wildman–Crippen MR) is 108 cm³/mol. The molecule has 2 aliphatic rings. The van der Waals surface area contributed by atoms with Crippen molar-refractivity contribution in [2.45, 2.75) is 51.6 Å². The van der Waals surface area contributed by atoms with Crippen LogP contribution in [0.4, 0.5) is 0 Å². The van der Waals surface area contributed by atoms with Gasteiger partial charge in [0.1, 0.15) is 5.65 Å². The van der Waals surface area contributed by atoms with E-state index in [-0.39, 0.29) is 36.6 Å². The summed E-state index contributed by atoms with van der Waals surface area (Å²) < 4.78 is 2.01. The molecule has 4 rings (SSSR count). The summed E-state index contributed by atoms with van der Waals surface area (Å²) in [4.78, 5) is 17.2. The maximum absolute atomic E-state index is 12.6. The number of amides is 1. The number of rotatable bonds is 3. The summed E-state index contributed by atoms with van der Waals surface area (Å²) in [6.45, 7) is 2.55. The fourth-order valence-electron chi connectivity index (χ4n) is 4.61. The Morgan fingerprint density at radius 3 is 2.65 bits per heavy atom. The number of hydrogen-bond donors (Lipinski definition) is 2. The highest BCUT2D eigenvalue weighted by Crippen LogP contribution is 2.41. The van der Waals surface area contributed by atoms with E-state index < -0.39 is 0 Å². The lowest BCUT2D eigenvalue weighted by molar-refractivity contribution is -0.128. The van der Waals surface area contributed by atoms with Crippen molar-refractivity contribution < 1.29 is 4.79 Å². The Labute approximate surface area is 166 Å². The van der Waals surface area contributed by atoms with E-state index in [0.29, 0.717) is 24.4 Å². The highest BCUT2D eigenvalue weighted by molar-refractivity contribution is 5.85. The van der Waals surface area contributed by atoms with E-state index in [2.05, 4.69) is 23.3 Å². The molecule has 2 aromatic rings. The minimum Gasteiger partial charge on any atom is -0.350 e. The Kier molecular flexibility index (Phi) is 6.94. The number of aromatic nitrogens is 2. The smallest absolute Gasteiger partial charge is 0.223 e. The Bertz CT molecular complexity index is 749. The first kappa shape index (κ1) is 21.0. The normalized spacial score (nSPS) is 27.3. The van der Waals surface area contributed by atoms with Gasteiger partial charge in [0.05, 0.1) is 12.2 Å². The van der Waals surface area contributed by atoms with Gasteiger partial charge >= 0.3 is 0 Å². The van der Waals surface area contributed by atoms with Gasteiger partial charge in [0, 0.05) is 24.4 Å². The van der Waals surface area contributed by atoms with Crippen LogP contribution in [0.1, 0.15) is 43.4 Å². The zero-order chi connectivity index (χ0) is 16.7. The SMILES string of the molecule is Cc1cccn2cc(CNC(=O)C3CC4CCCC(C3)C4N)nc12.Cl.Cl. The Morgan fingerprint density at radius 2 is 2.00 bits per heavy atom. The van der Waals surface area contributed by atoms with Crippen molar-refractivity contribution in [3.63, 3.8) is 0 Å². The summed E-state index contributed by atoms with van der Waals surface area (Å²) in [7, 11) is 0.